The number of aliphatic hydroxyl groups is 5. The van der Waals surface area contributed by atoms with Gasteiger partial charge in [0.25, 0.3) is 0 Å². The fraction of sp³-hybridized carbons (Fsp3) is 0.762. The van der Waals surface area contributed by atoms with E-state index >= 15 is 0 Å². The molecule has 1 aliphatic rings. The molecular formula is C84H147NO10. The van der Waals surface area contributed by atoms with E-state index in [1.807, 2.05) is 6.08 Å². The molecule has 8 unspecified atom stereocenters. The van der Waals surface area contributed by atoms with E-state index < -0.39 is 67.4 Å². The van der Waals surface area contributed by atoms with Crippen molar-refractivity contribution in [1.82, 2.24) is 5.32 Å². The molecule has 95 heavy (non-hydrogen) atoms. The van der Waals surface area contributed by atoms with Crippen molar-refractivity contribution in [2.75, 3.05) is 13.2 Å². The Morgan fingerprint density at radius 1 is 0.411 bits per heavy atom. The molecule has 1 heterocycles. The van der Waals surface area contributed by atoms with Crippen LogP contribution in [0.3, 0.4) is 0 Å². The van der Waals surface area contributed by atoms with E-state index in [1.54, 1.807) is 6.08 Å². The van der Waals surface area contributed by atoms with Crippen LogP contribution in [0.2, 0.25) is 0 Å². The van der Waals surface area contributed by atoms with Crippen LogP contribution >= 0.6 is 0 Å². The Kier molecular flexibility index (Phi) is 66.0. The highest BCUT2D eigenvalue weighted by Gasteiger charge is 2.47. The maximum Gasteiger partial charge on any atom is 0.306 e. The van der Waals surface area contributed by atoms with Crippen LogP contribution in [0.1, 0.15) is 348 Å². The lowest BCUT2D eigenvalue weighted by Crippen LogP contribution is -2.61. The smallest absolute Gasteiger partial charge is 0.306 e. The lowest BCUT2D eigenvalue weighted by atomic mass is 9.99. The maximum atomic E-state index is 13.5. The molecular weight excluding hydrogens is 1180 g/mol. The third-order valence-corrected chi connectivity index (χ3v) is 18.1. The summed E-state index contributed by atoms with van der Waals surface area (Å²) < 4.78 is 17.8. The summed E-state index contributed by atoms with van der Waals surface area (Å²) >= 11 is 0. The topological polar surface area (TPSA) is 175 Å². The summed E-state index contributed by atoms with van der Waals surface area (Å²) in [5, 5.41) is 57.5. The van der Waals surface area contributed by atoms with E-state index in [9.17, 15) is 35.1 Å². The zero-order valence-corrected chi connectivity index (χ0v) is 61.3. The Bertz CT molecular complexity index is 1970. The molecule has 0 bridgehead atoms. The number of nitrogens with one attached hydrogen (secondary N) is 1. The molecule has 0 aromatic rings. The van der Waals surface area contributed by atoms with E-state index in [0.717, 1.165) is 109 Å². The number of hydrogen-bond acceptors (Lipinski definition) is 10. The first-order valence-electron chi connectivity index (χ1n) is 39.7. The van der Waals surface area contributed by atoms with E-state index in [-0.39, 0.29) is 19.4 Å². The molecule has 1 saturated heterocycles. The van der Waals surface area contributed by atoms with Gasteiger partial charge in [-0.3, -0.25) is 9.59 Å². The Balaban J connectivity index is 2.53. The van der Waals surface area contributed by atoms with Crippen molar-refractivity contribution in [1.29, 1.82) is 0 Å². The molecule has 548 valence electrons. The molecule has 0 aromatic heterocycles. The second-order valence-electron chi connectivity index (χ2n) is 27.1. The zero-order valence-electron chi connectivity index (χ0n) is 61.3. The maximum absolute atomic E-state index is 13.5. The number of hydrogen-bond donors (Lipinski definition) is 6. The van der Waals surface area contributed by atoms with Gasteiger partial charge in [-0.05, 0) is 116 Å². The standard InChI is InChI=1S/C84H147NO10/c1-4-7-10-13-16-19-22-25-27-29-31-33-35-37-39-41-43-45-47-49-51-54-57-60-63-66-69-72-79(89)95-82-81(91)80(90)78(73-86)94-84(82)93-74-75(76(87)70-67-64-61-58-55-52-24-21-18-15-12-9-6-3)85-83(92)77(88)71-68-65-62-59-56-53-50-48-46-44-42-40-38-36-34-32-30-28-26-23-20-17-14-11-8-5-2/h16-17,19-20,25-28,31-34,37-40,67,70,75-78,80-82,84,86-88,90-91H,4-15,18,21-24,29-30,35-36,41-66,68-69,71-74H2,1-3H3,(H,85,92)/b19-16-,20-17-,27-25-,28-26-,33-31-,34-32-,39-37-,40-38-,70-67+. The summed E-state index contributed by atoms with van der Waals surface area (Å²) in [7, 11) is 0. The Morgan fingerprint density at radius 2 is 0.726 bits per heavy atom. The van der Waals surface area contributed by atoms with Gasteiger partial charge in [0.05, 0.1) is 25.4 Å². The molecule has 11 nitrogen and oxygen atoms in total. The minimum atomic E-state index is -1.62. The van der Waals surface area contributed by atoms with Crippen molar-refractivity contribution in [3.63, 3.8) is 0 Å². The number of carbonyl (C=O) groups is 2. The molecule has 1 rings (SSSR count). The first-order chi connectivity index (χ1) is 46.7. The average molecular weight is 1330 g/mol. The third-order valence-electron chi connectivity index (χ3n) is 18.1. The quantitative estimate of drug-likeness (QED) is 0.0195. The number of ether oxygens (including phenoxy) is 3. The Morgan fingerprint density at radius 3 is 1.11 bits per heavy atom. The molecule has 0 aromatic carbocycles. The van der Waals surface area contributed by atoms with Gasteiger partial charge in [-0.15, -0.1) is 0 Å². The lowest BCUT2D eigenvalue weighted by Gasteiger charge is -2.41. The first-order valence-corrected chi connectivity index (χ1v) is 39.7. The summed E-state index contributed by atoms with van der Waals surface area (Å²) in [6.07, 6.45) is 86.9. The van der Waals surface area contributed by atoms with E-state index in [0.29, 0.717) is 12.8 Å². The molecule has 1 aliphatic heterocycles. The van der Waals surface area contributed by atoms with Crippen LogP contribution in [0, 0.1) is 0 Å². The second kappa shape index (κ2) is 70.2. The van der Waals surface area contributed by atoms with Crippen molar-refractivity contribution in [2.24, 2.45) is 0 Å². The van der Waals surface area contributed by atoms with Gasteiger partial charge in [0, 0.05) is 6.42 Å². The number of carbonyl (C=O) groups excluding carboxylic acids is 2. The molecule has 0 radical (unpaired) electrons. The number of esters is 1. The molecule has 0 spiro atoms. The molecule has 11 heteroatoms. The summed E-state index contributed by atoms with van der Waals surface area (Å²) in [5.41, 5.74) is 0. The highest BCUT2D eigenvalue weighted by molar-refractivity contribution is 5.80. The van der Waals surface area contributed by atoms with Gasteiger partial charge in [0.15, 0.2) is 12.4 Å². The number of unbranched alkanes of at least 4 members (excludes halogenated alkanes) is 38. The van der Waals surface area contributed by atoms with Crippen LogP contribution < -0.4 is 5.32 Å². The normalized spacial score (nSPS) is 18.3. The Labute approximate surface area is 583 Å². The van der Waals surface area contributed by atoms with Crippen LogP contribution in [-0.2, 0) is 23.8 Å². The van der Waals surface area contributed by atoms with Crippen molar-refractivity contribution in [3.05, 3.63) is 109 Å². The van der Waals surface area contributed by atoms with E-state index in [1.165, 1.54) is 193 Å². The summed E-state index contributed by atoms with van der Waals surface area (Å²) in [6.45, 7) is 5.77. The highest BCUT2D eigenvalue weighted by Crippen LogP contribution is 2.26. The van der Waals surface area contributed by atoms with Gasteiger partial charge in [-0.25, -0.2) is 0 Å². The summed E-state index contributed by atoms with van der Waals surface area (Å²) in [5.74, 6) is -1.20. The lowest BCUT2D eigenvalue weighted by molar-refractivity contribution is -0.305. The molecule has 6 N–H and O–H groups in total. The number of allylic oxidation sites excluding steroid dienone is 17. The van der Waals surface area contributed by atoms with E-state index in [2.05, 4.69) is 123 Å². The third kappa shape index (κ3) is 56.9. The van der Waals surface area contributed by atoms with Gasteiger partial charge in [0.2, 0.25) is 5.91 Å². The van der Waals surface area contributed by atoms with Crippen molar-refractivity contribution < 1.29 is 49.3 Å². The molecule has 1 fully saturated rings. The first kappa shape index (κ1) is 89.3. The van der Waals surface area contributed by atoms with Gasteiger partial charge in [-0.2, -0.15) is 0 Å². The van der Waals surface area contributed by atoms with Crippen molar-refractivity contribution >= 4 is 11.9 Å². The van der Waals surface area contributed by atoms with Gasteiger partial charge in [0.1, 0.15) is 24.4 Å². The predicted molar refractivity (Wildman–Crippen MR) is 402 cm³/mol. The van der Waals surface area contributed by atoms with E-state index in [4.69, 9.17) is 14.2 Å². The van der Waals surface area contributed by atoms with Gasteiger partial charge in [-0.1, -0.05) is 336 Å². The number of rotatable bonds is 68. The minimum Gasteiger partial charge on any atom is -0.454 e. The molecule has 8 atom stereocenters. The largest absolute Gasteiger partial charge is 0.454 e. The number of aliphatic hydroxyl groups excluding tert-OH is 5. The second-order valence-corrected chi connectivity index (χ2v) is 27.1. The highest BCUT2D eigenvalue weighted by atomic mass is 16.7. The fourth-order valence-corrected chi connectivity index (χ4v) is 11.9. The fourth-order valence-electron chi connectivity index (χ4n) is 11.9. The zero-order chi connectivity index (χ0) is 68.8. The average Bonchev–Trinajstić information content (AvgIpc) is 0.823. The van der Waals surface area contributed by atoms with Crippen LogP contribution in [0.25, 0.3) is 0 Å². The minimum absolute atomic E-state index is 0.115. The van der Waals surface area contributed by atoms with Crippen molar-refractivity contribution in [3.8, 4) is 0 Å². The monoisotopic (exact) mass is 1330 g/mol. The van der Waals surface area contributed by atoms with Crippen molar-refractivity contribution in [2.45, 2.75) is 397 Å². The van der Waals surface area contributed by atoms with Crippen LogP contribution in [0.5, 0.6) is 0 Å². The van der Waals surface area contributed by atoms with Gasteiger partial charge >= 0.3 is 5.97 Å². The Hall–Kier alpha value is -3.68. The van der Waals surface area contributed by atoms with Crippen LogP contribution in [0.4, 0.5) is 0 Å². The summed E-state index contributed by atoms with van der Waals surface area (Å²) in [6, 6.07) is -1.03. The molecule has 0 aliphatic carbocycles. The molecule has 1 amide bonds. The SMILES string of the molecule is CCCCC/C=C\C/C=C\C/C=C\C/C=C\CCCCCCCCCCCCCC(=O)OC1C(OCC(NC(=O)C(O)CCCCCCCCCCCC/C=C\C/C=C\C/C=C\C/C=C\CCCCC)C(O)/C=C/CCCCCCCCCCCCC)OC(CO)C(O)C1O. The number of amides is 1. The van der Waals surface area contributed by atoms with Crippen LogP contribution in [-0.4, -0.2) is 99.6 Å². The molecule has 0 saturated carbocycles. The van der Waals surface area contributed by atoms with Crippen LogP contribution in [0.15, 0.2) is 109 Å². The van der Waals surface area contributed by atoms with Gasteiger partial charge < -0.3 is 45.1 Å². The summed E-state index contributed by atoms with van der Waals surface area (Å²) in [4.78, 5) is 26.8. The predicted octanol–water partition coefficient (Wildman–Crippen LogP) is 21.5.